The van der Waals surface area contributed by atoms with Crippen LogP contribution in [0.25, 0.3) is 0 Å². The number of nitrogens with two attached hydrogens (primary N) is 1. The van der Waals surface area contributed by atoms with Crippen molar-refractivity contribution < 1.29 is 9.13 Å². The van der Waals surface area contributed by atoms with Crippen LogP contribution in [0.15, 0.2) is 18.2 Å². The third kappa shape index (κ3) is 4.25. The molecule has 0 aromatic heterocycles. The summed E-state index contributed by atoms with van der Waals surface area (Å²) in [5.41, 5.74) is 6.14. The monoisotopic (exact) mass is 227 g/mol. The van der Waals surface area contributed by atoms with Gasteiger partial charge in [-0.3, -0.25) is 0 Å². The van der Waals surface area contributed by atoms with E-state index in [2.05, 4.69) is 0 Å². The summed E-state index contributed by atoms with van der Waals surface area (Å²) < 4.78 is 18.2. The maximum atomic E-state index is 12.8. The molecule has 1 aromatic rings. The summed E-state index contributed by atoms with van der Waals surface area (Å²) in [6, 6.07) is 4.46. The van der Waals surface area contributed by atoms with Crippen molar-refractivity contribution in [3.63, 3.8) is 0 Å². The second kappa shape index (κ2) is 5.66. The van der Waals surface area contributed by atoms with Crippen molar-refractivity contribution in [1.82, 2.24) is 0 Å². The van der Waals surface area contributed by atoms with E-state index in [1.165, 1.54) is 12.1 Å². The highest BCUT2D eigenvalue weighted by molar-refractivity contribution is 7.80. The molecule has 2 nitrogen and oxygen atoms in total. The van der Waals surface area contributed by atoms with Crippen LogP contribution in [0.1, 0.15) is 18.4 Å². The Morgan fingerprint density at radius 3 is 2.87 bits per heavy atom. The second-order valence-electron chi connectivity index (χ2n) is 3.33. The molecule has 0 heterocycles. The minimum Gasteiger partial charge on any atom is -0.493 e. The molecule has 0 radical (unpaired) electrons. The largest absolute Gasteiger partial charge is 0.493 e. The standard InChI is InChI=1S/C11H14FNOS/c1-8-7-9(12)4-5-10(8)14-6-2-3-11(13)15/h4-5,7H,2-3,6H2,1H3,(H2,13,15). The average molecular weight is 227 g/mol. The predicted molar refractivity (Wildman–Crippen MR) is 62.7 cm³/mol. The van der Waals surface area contributed by atoms with Gasteiger partial charge in [0.15, 0.2) is 0 Å². The molecule has 15 heavy (non-hydrogen) atoms. The van der Waals surface area contributed by atoms with E-state index in [0.717, 1.165) is 12.0 Å². The minimum atomic E-state index is -0.247. The first-order valence-electron chi connectivity index (χ1n) is 4.77. The van der Waals surface area contributed by atoms with Crippen LogP contribution >= 0.6 is 12.2 Å². The fraction of sp³-hybridized carbons (Fsp3) is 0.364. The first-order chi connectivity index (χ1) is 7.09. The molecule has 1 rings (SSSR count). The summed E-state index contributed by atoms with van der Waals surface area (Å²) >= 11 is 4.74. The fourth-order valence-electron chi connectivity index (χ4n) is 1.20. The average Bonchev–Trinajstić information content (AvgIpc) is 2.14. The Morgan fingerprint density at radius 2 is 2.27 bits per heavy atom. The smallest absolute Gasteiger partial charge is 0.123 e. The van der Waals surface area contributed by atoms with Gasteiger partial charge in [0.25, 0.3) is 0 Å². The predicted octanol–water partition coefficient (Wildman–Crippen LogP) is 2.58. The molecule has 0 spiro atoms. The SMILES string of the molecule is Cc1cc(F)ccc1OCCCC(N)=S. The summed E-state index contributed by atoms with van der Waals surface area (Å²) in [5.74, 6) is 0.460. The Labute approximate surface area is 94.2 Å². The Hall–Kier alpha value is -1.16. The van der Waals surface area contributed by atoms with Crippen LogP contribution in [0.5, 0.6) is 5.75 Å². The van der Waals surface area contributed by atoms with Gasteiger partial charge >= 0.3 is 0 Å². The topological polar surface area (TPSA) is 35.2 Å². The zero-order valence-electron chi connectivity index (χ0n) is 8.63. The number of rotatable bonds is 5. The van der Waals surface area contributed by atoms with Crippen molar-refractivity contribution >= 4 is 17.2 Å². The van der Waals surface area contributed by atoms with E-state index >= 15 is 0 Å². The van der Waals surface area contributed by atoms with E-state index in [1.807, 2.05) is 6.92 Å². The quantitative estimate of drug-likeness (QED) is 0.620. The van der Waals surface area contributed by atoms with Gasteiger partial charge in [-0.2, -0.15) is 0 Å². The van der Waals surface area contributed by atoms with Crippen molar-refractivity contribution in [3.05, 3.63) is 29.6 Å². The van der Waals surface area contributed by atoms with Crippen LogP contribution in [-0.2, 0) is 0 Å². The molecule has 0 amide bonds. The van der Waals surface area contributed by atoms with Crippen molar-refractivity contribution in [2.24, 2.45) is 5.73 Å². The Balaban J connectivity index is 2.40. The van der Waals surface area contributed by atoms with Gasteiger partial charge in [0, 0.05) is 6.42 Å². The lowest BCUT2D eigenvalue weighted by molar-refractivity contribution is 0.311. The lowest BCUT2D eigenvalue weighted by Crippen LogP contribution is -2.09. The van der Waals surface area contributed by atoms with E-state index in [0.29, 0.717) is 23.8 Å². The maximum absolute atomic E-state index is 12.8. The molecular formula is C11H14FNOS. The Morgan fingerprint density at radius 1 is 1.53 bits per heavy atom. The van der Waals surface area contributed by atoms with Crippen LogP contribution in [0.2, 0.25) is 0 Å². The number of benzene rings is 1. The first-order valence-corrected chi connectivity index (χ1v) is 5.17. The van der Waals surface area contributed by atoms with Crippen LogP contribution in [-0.4, -0.2) is 11.6 Å². The zero-order chi connectivity index (χ0) is 11.3. The lowest BCUT2D eigenvalue weighted by atomic mass is 10.2. The highest BCUT2D eigenvalue weighted by Crippen LogP contribution is 2.18. The molecule has 0 bridgehead atoms. The number of hydrogen-bond donors (Lipinski definition) is 1. The Bertz CT molecular complexity index is 354. The van der Waals surface area contributed by atoms with Gasteiger partial charge in [-0.05, 0) is 37.1 Å². The van der Waals surface area contributed by atoms with Gasteiger partial charge in [0.2, 0.25) is 0 Å². The van der Waals surface area contributed by atoms with Gasteiger partial charge in [-0.25, -0.2) is 4.39 Å². The molecule has 2 N–H and O–H groups in total. The third-order valence-corrected chi connectivity index (χ3v) is 2.17. The van der Waals surface area contributed by atoms with Crippen molar-refractivity contribution in [2.75, 3.05) is 6.61 Å². The van der Waals surface area contributed by atoms with Gasteiger partial charge in [0.1, 0.15) is 11.6 Å². The summed E-state index contributed by atoms with van der Waals surface area (Å²) in [6.45, 7) is 2.36. The van der Waals surface area contributed by atoms with E-state index < -0.39 is 0 Å². The molecule has 4 heteroatoms. The van der Waals surface area contributed by atoms with Crippen molar-refractivity contribution in [2.45, 2.75) is 19.8 Å². The molecule has 0 saturated carbocycles. The van der Waals surface area contributed by atoms with Gasteiger partial charge in [0.05, 0.1) is 11.6 Å². The van der Waals surface area contributed by atoms with Crippen molar-refractivity contribution in [1.29, 1.82) is 0 Å². The zero-order valence-corrected chi connectivity index (χ0v) is 9.44. The van der Waals surface area contributed by atoms with E-state index in [-0.39, 0.29) is 5.82 Å². The summed E-state index contributed by atoms with van der Waals surface area (Å²) in [7, 11) is 0. The van der Waals surface area contributed by atoms with Crippen LogP contribution < -0.4 is 10.5 Å². The number of ether oxygens (including phenoxy) is 1. The number of halogens is 1. The minimum absolute atomic E-state index is 0.247. The summed E-state index contributed by atoms with van der Waals surface area (Å²) in [4.78, 5) is 0.495. The molecule has 0 fully saturated rings. The number of aryl methyl sites for hydroxylation is 1. The van der Waals surface area contributed by atoms with Gasteiger partial charge < -0.3 is 10.5 Å². The summed E-state index contributed by atoms with van der Waals surface area (Å²) in [6.07, 6.45) is 1.46. The molecule has 0 aliphatic rings. The van der Waals surface area contributed by atoms with Crippen LogP contribution in [0.4, 0.5) is 4.39 Å². The Kier molecular flexibility index (Phi) is 4.49. The molecular weight excluding hydrogens is 213 g/mol. The van der Waals surface area contributed by atoms with E-state index in [9.17, 15) is 4.39 Å². The molecule has 0 atom stereocenters. The first kappa shape index (κ1) is 11.9. The summed E-state index contributed by atoms with van der Waals surface area (Å²) in [5, 5.41) is 0. The lowest BCUT2D eigenvalue weighted by Gasteiger charge is -2.08. The van der Waals surface area contributed by atoms with Crippen LogP contribution in [0, 0.1) is 12.7 Å². The normalized spacial score (nSPS) is 10.0. The van der Waals surface area contributed by atoms with E-state index in [1.54, 1.807) is 6.07 Å². The molecule has 82 valence electrons. The molecule has 0 aliphatic carbocycles. The van der Waals surface area contributed by atoms with Crippen molar-refractivity contribution in [3.8, 4) is 5.75 Å². The third-order valence-electron chi connectivity index (χ3n) is 1.96. The molecule has 0 unspecified atom stereocenters. The van der Waals surface area contributed by atoms with Crippen LogP contribution in [0.3, 0.4) is 0 Å². The maximum Gasteiger partial charge on any atom is 0.123 e. The highest BCUT2D eigenvalue weighted by atomic mass is 32.1. The molecule has 0 saturated heterocycles. The van der Waals surface area contributed by atoms with Gasteiger partial charge in [-0.15, -0.1) is 0 Å². The molecule has 0 aliphatic heterocycles. The van der Waals surface area contributed by atoms with Gasteiger partial charge in [-0.1, -0.05) is 12.2 Å². The second-order valence-corrected chi connectivity index (χ2v) is 3.85. The molecule has 1 aromatic carbocycles. The number of thiocarbonyl (C=S) groups is 1. The fourth-order valence-corrected chi connectivity index (χ4v) is 1.35. The number of hydrogen-bond acceptors (Lipinski definition) is 2. The highest BCUT2D eigenvalue weighted by Gasteiger charge is 2.00. The van der Waals surface area contributed by atoms with E-state index in [4.69, 9.17) is 22.7 Å².